The third kappa shape index (κ3) is 4.42. The number of hydrogen-bond acceptors (Lipinski definition) is 3. The normalized spacial score (nSPS) is 11.6. The lowest BCUT2D eigenvalue weighted by molar-refractivity contribution is 0.420. The average Bonchev–Trinajstić information content (AvgIpc) is 2.39. The second-order valence-corrected chi connectivity index (χ2v) is 6.17. The molecule has 0 fully saturated rings. The molecule has 0 aliphatic carbocycles. The minimum absolute atomic E-state index is 0.0983. The van der Waals surface area contributed by atoms with Gasteiger partial charge in [0.25, 0.3) is 0 Å². The van der Waals surface area contributed by atoms with E-state index in [2.05, 4.69) is 67.2 Å². The lowest BCUT2D eigenvalue weighted by Crippen LogP contribution is -2.35. The summed E-state index contributed by atoms with van der Waals surface area (Å²) in [5.41, 5.74) is 3.71. The van der Waals surface area contributed by atoms with Crippen molar-refractivity contribution in [3.8, 4) is 0 Å². The third-order valence-electron chi connectivity index (χ3n) is 3.17. The highest BCUT2D eigenvalue weighted by molar-refractivity contribution is 5.28. The Morgan fingerprint density at radius 1 is 1.10 bits per heavy atom. The summed E-state index contributed by atoms with van der Waals surface area (Å²) in [7, 11) is 0. The first-order valence-corrected chi connectivity index (χ1v) is 7.04. The Bertz CT molecular complexity index is 570. The summed E-state index contributed by atoms with van der Waals surface area (Å²) in [5, 5.41) is 3.45. The van der Waals surface area contributed by atoms with Crippen molar-refractivity contribution < 1.29 is 0 Å². The Balaban J connectivity index is 2.08. The van der Waals surface area contributed by atoms with Crippen LogP contribution in [0.5, 0.6) is 0 Å². The van der Waals surface area contributed by atoms with Gasteiger partial charge in [0.2, 0.25) is 0 Å². The number of nitrogens with one attached hydrogen (secondary N) is 1. The van der Waals surface area contributed by atoms with Gasteiger partial charge in [0.15, 0.2) is 0 Å². The summed E-state index contributed by atoms with van der Waals surface area (Å²) in [6.45, 7) is 9.36. The van der Waals surface area contributed by atoms with Crippen LogP contribution in [0.2, 0.25) is 0 Å². The minimum atomic E-state index is 0.0983. The van der Waals surface area contributed by atoms with Gasteiger partial charge in [-0.1, -0.05) is 24.3 Å². The Kier molecular flexibility index (Phi) is 4.50. The lowest BCUT2D eigenvalue weighted by Gasteiger charge is -2.20. The third-order valence-corrected chi connectivity index (χ3v) is 3.17. The van der Waals surface area contributed by atoms with Gasteiger partial charge >= 0.3 is 0 Å². The van der Waals surface area contributed by atoms with Gasteiger partial charge in [0.1, 0.15) is 5.82 Å². The molecule has 0 aliphatic rings. The predicted molar refractivity (Wildman–Crippen MR) is 82.6 cm³/mol. The van der Waals surface area contributed by atoms with Gasteiger partial charge in [-0.3, -0.25) is 0 Å². The van der Waals surface area contributed by atoms with E-state index in [9.17, 15) is 0 Å². The highest BCUT2D eigenvalue weighted by atomic mass is 15.0. The van der Waals surface area contributed by atoms with Crippen LogP contribution < -0.4 is 5.32 Å². The molecule has 0 bridgehead atoms. The van der Waals surface area contributed by atoms with E-state index >= 15 is 0 Å². The predicted octanol–water partition coefficient (Wildman–Crippen LogP) is 3.26. The zero-order valence-corrected chi connectivity index (χ0v) is 12.8. The van der Waals surface area contributed by atoms with Crippen LogP contribution in [0, 0.1) is 6.92 Å². The Hall–Kier alpha value is -1.74. The molecule has 0 aliphatic heterocycles. The van der Waals surface area contributed by atoms with Crippen molar-refractivity contribution >= 4 is 0 Å². The van der Waals surface area contributed by atoms with Gasteiger partial charge in [-0.15, -0.1) is 0 Å². The molecule has 0 saturated carbocycles. The maximum atomic E-state index is 4.64. The first-order chi connectivity index (χ1) is 9.44. The first kappa shape index (κ1) is 14.7. The monoisotopic (exact) mass is 269 g/mol. The largest absolute Gasteiger partial charge is 0.306 e. The molecule has 2 aromatic rings. The maximum absolute atomic E-state index is 4.64. The molecule has 2 rings (SSSR count). The van der Waals surface area contributed by atoms with Crippen molar-refractivity contribution in [3.63, 3.8) is 0 Å². The topological polar surface area (TPSA) is 37.8 Å². The van der Waals surface area contributed by atoms with Gasteiger partial charge in [-0.05, 0) is 44.9 Å². The summed E-state index contributed by atoms with van der Waals surface area (Å²) >= 11 is 0. The average molecular weight is 269 g/mol. The van der Waals surface area contributed by atoms with Crippen molar-refractivity contribution in [2.24, 2.45) is 0 Å². The van der Waals surface area contributed by atoms with Crippen LogP contribution in [0.4, 0.5) is 0 Å². The maximum Gasteiger partial charge on any atom is 0.132 e. The second-order valence-electron chi connectivity index (χ2n) is 6.17. The fraction of sp³-hybridized carbons (Fsp3) is 0.412. The number of aromatic nitrogens is 2. The fourth-order valence-corrected chi connectivity index (χ4v) is 1.96. The van der Waals surface area contributed by atoms with E-state index in [1.807, 2.05) is 12.3 Å². The molecule has 1 aromatic heterocycles. The minimum Gasteiger partial charge on any atom is -0.306 e. The summed E-state index contributed by atoms with van der Waals surface area (Å²) in [6, 6.07) is 10.4. The van der Waals surface area contributed by atoms with Gasteiger partial charge < -0.3 is 5.32 Å². The van der Waals surface area contributed by atoms with Crippen molar-refractivity contribution in [2.75, 3.05) is 0 Å². The standard InChI is InChI=1S/C17H23N3/c1-13-7-5-6-8-14(13)11-16-18-10-9-15(20-16)12-19-17(2,3)4/h5-10,19H,11-12H2,1-4H3. The second kappa shape index (κ2) is 6.14. The van der Waals surface area contributed by atoms with Crippen LogP contribution >= 0.6 is 0 Å². The molecule has 0 radical (unpaired) electrons. The van der Waals surface area contributed by atoms with E-state index in [4.69, 9.17) is 0 Å². The van der Waals surface area contributed by atoms with Crippen LogP contribution in [0.3, 0.4) is 0 Å². The molecule has 0 saturated heterocycles. The summed E-state index contributed by atoms with van der Waals surface area (Å²) in [4.78, 5) is 9.02. The molecule has 20 heavy (non-hydrogen) atoms. The molecule has 3 heteroatoms. The molecule has 0 unspecified atom stereocenters. The smallest absolute Gasteiger partial charge is 0.132 e. The SMILES string of the molecule is Cc1ccccc1Cc1nccc(CNC(C)(C)C)n1. The van der Waals surface area contributed by atoms with E-state index in [0.29, 0.717) is 0 Å². The van der Waals surface area contributed by atoms with Crippen LogP contribution in [-0.4, -0.2) is 15.5 Å². The summed E-state index contributed by atoms with van der Waals surface area (Å²) in [6.07, 6.45) is 2.64. The Morgan fingerprint density at radius 3 is 2.55 bits per heavy atom. The number of aryl methyl sites for hydroxylation is 1. The first-order valence-electron chi connectivity index (χ1n) is 7.04. The van der Waals surface area contributed by atoms with Gasteiger partial charge in [0, 0.05) is 24.7 Å². The Labute approximate surface area is 121 Å². The van der Waals surface area contributed by atoms with Gasteiger partial charge in [-0.2, -0.15) is 0 Å². The van der Waals surface area contributed by atoms with Crippen molar-refractivity contribution in [1.29, 1.82) is 0 Å². The van der Waals surface area contributed by atoms with Crippen molar-refractivity contribution in [3.05, 3.63) is 59.2 Å². The molecular weight excluding hydrogens is 246 g/mol. The molecular formula is C17H23N3. The van der Waals surface area contributed by atoms with Gasteiger partial charge in [-0.25, -0.2) is 9.97 Å². The van der Waals surface area contributed by atoms with Crippen molar-refractivity contribution in [2.45, 2.75) is 46.2 Å². The highest BCUT2D eigenvalue weighted by Crippen LogP contribution is 2.11. The lowest BCUT2D eigenvalue weighted by atomic mass is 10.1. The molecule has 106 valence electrons. The van der Waals surface area contributed by atoms with Gasteiger partial charge in [0.05, 0.1) is 5.69 Å². The number of hydrogen-bond donors (Lipinski definition) is 1. The van der Waals surface area contributed by atoms with Crippen LogP contribution in [-0.2, 0) is 13.0 Å². The van der Waals surface area contributed by atoms with E-state index in [0.717, 1.165) is 24.5 Å². The Morgan fingerprint density at radius 2 is 1.85 bits per heavy atom. The zero-order valence-electron chi connectivity index (χ0n) is 12.8. The molecule has 3 nitrogen and oxygen atoms in total. The quantitative estimate of drug-likeness (QED) is 0.925. The highest BCUT2D eigenvalue weighted by Gasteiger charge is 2.09. The van der Waals surface area contributed by atoms with Crippen LogP contribution in [0.15, 0.2) is 36.5 Å². The van der Waals surface area contributed by atoms with E-state index in [1.54, 1.807) is 0 Å². The van der Waals surface area contributed by atoms with Crippen molar-refractivity contribution in [1.82, 2.24) is 15.3 Å². The molecule has 1 N–H and O–H groups in total. The van der Waals surface area contributed by atoms with E-state index in [1.165, 1.54) is 11.1 Å². The van der Waals surface area contributed by atoms with E-state index in [-0.39, 0.29) is 5.54 Å². The fourth-order valence-electron chi connectivity index (χ4n) is 1.96. The summed E-state index contributed by atoms with van der Waals surface area (Å²) < 4.78 is 0. The molecule has 1 heterocycles. The van der Waals surface area contributed by atoms with Crippen LogP contribution in [0.1, 0.15) is 43.4 Å². The molecule has 0 amide bonds. The van der Waals surface area contributed by atoms with E-state index < -0.39 is 0 Å². The molecule has 0 atom stereocenters. The zero-order chi connectivity index (χ0) is 14.6. The number of rotatable bonds is 4. The number of benzene rings is 1. The molecule has 1 aromatic carbocycles. The van der Waals surface area contributed by atoms with Crippen LogP contribution in [0.25, 0.3) is 0 Å². The molecule has 0 spiro atoms. The number of nitrogens with zero attached hydrogens (tertiary/aromatic N) is 2. The summed E-state index contributed by atoms with van der Waals surface area (Å²) in [5.74, 6) is 0.882.